The van der Waals surface area contributed by atoms with E-state index in [0.717, 1.165) is 29.9 Å². The number of methoxy groups -OCH3 is 1. The summed E-state index contributed by atoms with van der Waals surface area (Å²) in [6, 6.07) is 4.16. The molecule has 3 unspecified atom stereocenters. The Labute approximate surface area is 115 Å². The Morgan fingerprint density at radius 3 is 2.68 bits per heavy atom. The molecule has 0 aliphatic carbocycles. The van der Waals surface area contributed by atoms with Gasteiger partial charge in [0.25, 0.3) is 0 Å². The molecule has 1 fully saturated rings. The van der Waals surface area contributed by atoms with Gasteiger partial charge < -0.3 is 9.47 Å². The Hall–Kier alpha value is -1.10. The van der Waals surface area contributed by atoms with E-state index in [1.807, 2.05) is 0 Å². The zero-order chi connectivity index (χ0) is 14.0. The molecular formula is C15H24N2O2. The van der Waals surface area contributed by atoms with Crippen molar-refractivity contribution in [3.8, 4) is 5.75 Å². The van der Waals surface area contributed by atoms with Crippen molar-refractivity contribution in [3.63, 3.8) is 0 Å². The highest BCUT2D eigenvalue weighted by molar-refractivity contribution is 5.47. The molecular weight excluding hydrogens is 240 g/mol. The number of nitrogens with two attached hydrogens (primary N) is 1. The van der Waals surface area contributed by atoms with Crippen LogP contribution in [0.5, 0.6) is 5.75 Å². The molecule has 0 spiro atoms. The molecule has 4 heteroatoms. The van der Waals surface area contributed by atoms with E-state index >= 15 is 0 Å². The van der Waals surface area contributed by atoms with E-state index in [9.17, 15) is 0 Å². The number of rotatable bonds is 4. The normalized spacial score (nSPS) is 24.5. The molecule has 4 nitrogen and oxygen atoms in total. The summed E-state index contributed by atoms with van der Waals surface area (Å²) in [4.78, 5) is 0. The van der Waals surface area contributed by atoms with Crippen LogP contribution in [0.15, 0.2) is 12.1 Å². The van der Waals surface area contributed by atoms with Gasteiger partial charge in [-0.1, -0.05) is 19.1 Å². The van der Waals surface area contributed by atoms with Crippen molar-refractivity contribution in [2.24, 2.45) is 11.8 Å². The SMILES string of the molecule is COc1c(C(NN)C2OCCC2C)ccc(C)c1C. The fraction of sp³-hybridized carbons (Fsp3) is 0.600. The predicted octanol–water partition coefficient (Wildman–Crippen LogP) is 2.24. The van der Waals surface area contributed by atoms with Crippen molar-refractivity contribution >= 4 is 0 Å². The van der Waals surface area contributed by atoms with Crippen molar-refractivity contribution in [2.75, 3.05) is 13.7 Å². The van der Waals surface area contributed by atoms with E-state index in [1.165, 1.54) is 5.56 Å². The molecule has 1 aromatic rings. The lowest BCUT2D eigenvalue weighted by molar-refractivity contribution is 0.0599. The van der Waals surface area contributed by atoms with Gasteiger partial charge in [-0.15, -0.1) is 0 Å². The highest BCUT2D eigenvalue weighted by Gasteiger charge is 2.34. The van der Waals surface area contributed by atoms with Gasteiger partial charge in [-0.3, -0.25) is 11.3 Å². The first-order valence-electron chi connectivity index (χ1n) is 6.82. The van der Waals surface area contributed by atoms with Gasteiger partial charge in [0.05, 0.1) is 19.3 Å². The molecule has 0 saturated carbocycles. The van der Waals surface area contributed by atoms with Gasteiger partial charge in [0, 0.05) is 12.2 Å². The van der Waals surface area contributed by atoms with Crippen molar-refractivity contribution in [1.82, 2.24) is 5.43 Å². The number of benzene rings is 1. The molecule has 1 aliphatic rings. The molecule has 19 heavy (non-hydrogen) atoms. The van der Waals surface area contributed by atoms with Crippen LogP contribution < -0.4 is 16.0 Å². The minimum atomic E-state index is -0.0354. The molecule has 0 radical (unpaired) electrons. The van der Waals surface area contributed by atoms with E-state index in [4.69, 9.17) is 15.3 Å². The molecule has 3 N–H and O–H groups in total. The van der Waals surface area contributed by atoms with Gasteiger partial charge in [-0.25, -0.2) is 0 Å². The number of hydrogen-bond donors (Lipinski definition) is 2. The minimum Gasteiger partial charge on any atom is -0.496 e. The fourth-order valence-electron chi connectivity index (χ4n) is 2.83. The molecule has 106 valence electrons. The van der Waals surface area contributed by atoms with Gasteiger partial charge in [0.2, 0.25) is 0 Å². The molecule has 0 bridgehead atoms. The van der Waals surface area contributed by atoms with Crippen molar-refractivity contribution < 1.29 is 9.47 Å². The average molecular weight is 264 g/mol. The van der Waals surface area contributed by atoms with Gasteiger partial charge in [-0.2, -0.15) is 0 Å². The average Bonchev–Trinajstić information content (AvgIpc) is 2.81. The second-order valence-corrected chi connectivity index (χ2v) is 5.38. The van der Waals surface area contributed by atoms with Crippen molar-refractivity contribution in [2.45, 2.75) is 39.3 Å². The Balaban J connectivity index is 2.40. The molecule has 1 heterocycles. The third kappa shape index (κ3) is 2.61. The van der Waals surface area contributed by atoms with E-state index in [-0.39, 0.29) is 12.1 Å². The van der Waals surface area contributed by atoms with Gasteiger partial charge in [0.15, 0.2) is 0 Å². The first kappa shape index (κ1) is 14.3. The van der Waals surface area contributed by atoms with Crippen LogP contribution in [-0.4, -0.2) is 19.8 Å². The Morgan fingerprint density at radius 2 is 2.16 bits per heavy atom. The summed E-state index contributed by atoms with van der Waals surface area (Å²) in [6.45, 7) is 7.16. The third-order valence-electron chi connectivity index (χ3n) is 4.20. The number of hydrazine groups is 1. The summed E-state index contributed by atoms with van der Waals surface area (Å²) in [6.07, 6.45) is 1.18. The standard InChI is InChI=1S/C15H24N2O2/c1-9-5-6-12(15(18-4)11(9)3)13(17-16)14-10(2)7-8-19-14/h5-6,10,13-14,17H,7-8,16H2,1-4H3. The molecule has 1 aromatic carbocycles. The summed E-state index contributed by atoms with van der Waals surface area (Å²) in [5.74, 6) is 7.17. The third-order valence-corrected chi connectivity index (χ3v) is 4.20. The van der Waals surface area contributed by atoms with E-state index in [0.29, 0.717) is 5.92 Å². The van der Waals surface area contributed by atoms with Crippen LogP contribution in [0.4, 0.5) is 0 Å². The van der Waals surface area contributed by atoms with Crippen LogP contribution in [0.25, 0.3) is 0 Å². The summed E-state index contributed by atoms with van der Waals surface area (Å²) < 4.78 is 11.4. The number of ether oxygens (including phenoxy) is 2. The van der Waals surface area contributed by atoms with Crippen LogP contribution in [0, 0.1) is 19.8 Å². The quantitative estimate of drug-likeness (QED) is 0.647. The zero-order valence-corrected chi connectivity index (χ0v) is 12.2. The van der Waals surface area contributed by atoms with Crippen LogP contribution in [0.2, 0.25) is 0 Å². The first-order chi connectivity index (χ1) is 9.10. The molecule has 1 saturated heterocycles. The zero-order valence-electron chi connectivity index (χ0n) is 12.2. The highest BCUT2D eigenvalue weighted by atomic mass is 16.5. The number of aryl methyl sites for hydroxylation is 1. The fourth-order valence-corrected chi connectivity index (χ4v) is 2.83. The van der Waals surface area contributed by atoms with Crippen molar-refractivity contribution in [1.29, 1.82) is 0 Å². The lowest BCUT2D eigenvalue weighted by atomic mass is 9.90. The highest BCUT2D eigenvalue weighted by Crippen LogP contribution is 2.37. The smallest absolute Gasteiger partial charge is 0.126 e. The Kier molecular flexibility index (Phi) is 4.45. The Bertz CT molecular complexity index is 448. The first-order valence-corrected chi connectivity index (χ1v) is 6.82. The van der Waals surface area contributed by atoms with Gasteiger partial charge in [-0.05, 0) is 37.3 Å². The number of hydrogen-bond acceptors (Lipinski definition) is 4. The summed E-state index contributed by atoms with van der Waals surface area (Å²) in [5.41, 5.74) is 6.36. The van der Waals surface area contributed by atoms with E-state index in [1.54, 1.807) is 7.11 Å². The maximum Gasteiger partial charge on any atom is 0.126 e. The Morgan fingerprint density at radius 1 is 1.42 bits per heavy atom. The molecule has 2 rings (SSSR count). The molecule has 3 atom stereocenters. The van der Waals surface area contributed by atoms with Gasteiger partial charge >= 0.3 is 0 Å². The van der Waals surface area contributed by atoms with Gasteiger partial charge in [0.1, 0.15) is 5.75 Å². The topological polar surface area (TPSA) is 56.5 Å². The van der Waals surface area contributed by atoms with Crippen LogP contribution >= 0.6 is 0 Å². The maximum absolute atomic E-state index is 5.84. The largest absolute Gasteiger partial charge is 0.496 e. The molecule has 0 amide bonds. The lowest BCUT2D eigenvalue weighted by Crippen LogP contribution is -2.39. The monoisotopic (exact) mass is 264 g/mol. The summed E-state index contributed by atoms with van der Waals surface area (Å²) in [7, 11) is 1.71. The molecule has 0 aromatic heterocycles. The summed E-state index contributed by atoms with van der Waals surface area (Å²) in [5, 5.41) is 0. The lowest BCUT2D eigenvalue weighted by Gasteiger charge is -2.28. The van der Waals surface area contributed by atoms with Crippen LogP contribution in [0.1, 0.15) is 36.1 Å². The summed E-state index contributed by atoms with van der Waals surface area (Å²) >= 11 is 0. The maximum atomic E-state index is 5.84. The minimum absolute atomic E-state index is 0.0354. The predicted molar refractivity (Wildman–Crippen MR) is 76.1 cm³/mol. The van der Waals surface area contributed by atoms with Crippen molar-refractivity contribution in [3.05, 3.63) is 28.8 Å². The van der Waals surface area contributed by atoms with Crippen LogP contribution in [-0.2, 0) is 4.74 Å². The second-order valence-electron chi connectivity index (χ2n) is 5.38. The number of nitrogens with one attached hydrogen (secondary N) is 1. The van der Waals surface area contributed by atoms with Crippen LogP contribution in [0.3, 0.4) is 0 Å². The van der Waals surface area contributed by atoms with E-state index in [2.05, 4.69) is 38.3 Å². The molecule has 1 aliphatic heterocycles. The second kappa shape index (κ2) is 5.90. The van der Waals surface area contributed by atoms with E-state index < -0.39 is 0 Å².